The lowest BCUT2D eigenvalue weighted by molar-refractivity contribution is 0.0953. The molecule has 1 amide bonds. The molecule has 1 aromatic carbocycles. The summed E-state index contributed by atoms with van der Waals surface area (Å²) in [6.45, 7) is 1.30. The number of halogens is 2. The smallest absolute Gasteiger partial charge is 0.337 e. The molecule has 0 heterocycles. The van der Waals surface area contributed by atoms with Crippen LogP contribution in [0.4, 0.5) is 8.78 Å². The van der Waals surface area contributed by atoms with Gasteiger partial charge in [-0.15, -0.1) is 0 Å². The third-order valence-corrected chi connectivity index (χ3v) is 4.02. The number of benzene rings is 1. The molecule has 0 saturated carbocycles. The van der Waals surface area contributed by atoms with Gasteiger partial charge in [0.15, 0.2) is 0 Å². The van der Waals surface area contributed by atoms with Gasteiger partial charge in [-0.1, -0.05) is 12.1 Å². The van der Waals surface area contributed by atoms with E-state index in [9.17, 15) is 22.0 Å². The molecule has 0 radical (unpaired) electrons. The average Bonchev–Trinajstić information content (AvgIpc) is 2.43. The van der Waals surface area contributed by atoms with Crippen molar-refractivity contribution in [1.82, 2.24) is 10.6 Å². The summed E-state index contributed by atoms with van der Waals surface area (Å²) in [6.07, 6.45) is 0.785. The van der Waals surface area contributed by atoms with E-state index >= 15 is 0 Å². The number of alkyl halides is 2. The van der Waals surface area contributed by atoms with Crippen molar-refractivity contribution >= 4 is 15.7 Å². The molecule has 0 bridgehead atoms. The molecule has 0 aliphatic heterocycles. The van der Waals surface area contributed by atoms with Crippen LogP contribution in [0.25, 0.3) is 0 Å². The number of nitrogens with one attached hydrogen (secondary N) is 2. The fourth-order valence-corrected chi connectivity index (χ4v) is 2.40. The normalized spacial score (nSPS) is 11.6. The molecule has 0 atom stereocenters. The van der Waals surface area contributed by atoms with Crippen LogP contribution in [0.2, 0.25) is 0 Å². The minimum Gasteiger partial charge on any atom is -0.352 e. The van der Waals surface area contributed by atoms with Gasteiger partial charge in [-0.2, -0.15) is 8.78 Å². The maximum absolute atomic E-state index is 12.3. The predicted octanol–water partition coefficient (Wildman–Crippen LogP) is 1.16. The maximum Gasteiger partial charge on any atom is 0.337 e. The van der Waals surface area contributed by atoms with Crippen LogP contribution in [-0.4, -0.2) is 40.2 Å². The lowest BCUT2D eigenvalue weighted by Crippen LogP contribution is -2.26. The first-order chi connectivity index (χ1) is 9.86. The highest BCUT2D eigenvalue weighted by molar-refractivity contribution is 7.90. The Hall–Kier alpha value is -1.54. The summed E-state index contributed by atoms with van der Waals surface area (Å²) in [6, 6.07) is 5.57. The van der Waals surface area contributed by atoms with Gasteiger partial charge in [0.2, 0.25) is 9.84 Å². The minimum atomic E-state index is -4.45. The van der Waals surface area contributed by atoms with Crippen LogP contribution in [0.15, 0.2) is 24.3 Å². The van der Waals surface area contributed by atoms with Crippen LogP contribution in [-0.2, 0) is 15.6 Å². The third kappa shape index (κ3) is 5.76. The van der Waals surface area contributed by atoms with Crippen LogP contribution in [0.5, 0.6) is 0 Å². The Balaban J connectivity index is 2.60. The summed E-state index contributed by atoms with van der Waals surface area (Å²) in [7, 11) is -2.63. The monoisotopic (exact) mass is 320 g/mol. The molecule has 0 aliphatic rings. The van der Waals surface area contributed by atoms with Gasteiger partial charge in [0, 0.05) is 12.1 Å². The lowest BCUT2D eigenvalue weighted by Gasteiger charge is -2.07. The van der Waals surface area contributed by atoms with E-state index in [1.54, 1.807) is 0 Å². The number of hydrogen-bond donors (Lipinski definition) is 2. The zero-order valence-corrected chi connectivity index (χ0v) is 12.4. The molecule has 0 spiro atoms. The van der Waals surface area contributed by atoms with E-state index in [1.807, 2.05) is 7.05 Å². The van der Waals surface area contributed by atoms with E-state index in [4.69, 9.17) is 0 Å². The molecule has 118 valence electrons. The number of carbonyl (C=O) groups is 1. The molecular formula is C13H18F2N2O3S. The van der Waals surface area contributed by atoms with E-state index in [0.29, 0.717) is 12.1 Å². The molecule has 0 saturated heterocycles. The molecule has 5 nitrogen and oxygen atoms in total. The Morgan fingerprint density at radius 3 is 2.33 bits per heavy atom. The molecule has 8 heteroatoms. The molecule has 0 unspecified atom stereocenters. The molecule has 0 aliphatic carbocycles. The Kier molecular flexibility index (Phi) is 6.70. The number of rotatable bonds is 8. The largest absolute Gasteiger partial charge is 0.352 e. The lowest BCUT2D eigenvalue weighted by atomic mass is 10.1. The van der Waals surface area contributed by atoms with Gasteiger partial charge in [0.1, 0.15) is 0 Å². The number of hydrogen-bond acceptors (Lipinski definition) is 4. The van der Waals surface area contributed by atoms with Crippen molar-refractivity contribution in [3.63, 3.8) is 0 Å². The quantitative estimate of drug-likeness (QED) is 0.705. The fraction of sp³-hybridized carbons (Fsp3) is 0.462. The van der Waals surface area contributed by atoms with E-state index in [0.717, 1.165) is 13.0 Å². The summed E-state index contributed by atoms with van der Waals surface area (Å²) in [5.74, 6) is -4.42. The van der Waals surface area contributed by atoms with Crippen molar-refractivity contribution < 1.29 is 22.0 Å². The summed E-state index contributed by atoms with van der Waals surface area (Å²) in [5, 5.41) is 5.65. The van der Waals surface area contributed by atoms with Gasteiger partial charge in [-0.3, -0.25) is 4.79 Å². The average molecular weight is 320 g/mol. The molecule has 1 aromatic rings. The van der Waals surface area contributed by atoms with Crippen molar-refractivity contribution in [3.05, 3.63) is 35.4 Å². The van der Waals surface area contributed by atoms with Crippen LogP contribution in [0.1, 0.15) is 22.3 Å². The SMILES string of the molecule is CNCCCNC(=O)c1ccc(CS(=O)(=O)C(F)F)cc1. The molecule has 2 N–H and O–H groups in total. The first-order valence-corrected chi connectivity index (χ1v) is 8.10. The van der Waals surface area contributed by atoms with E-state index < -0.39 is 21.3 Å². The maximum atomic E-state index is 12.3. The fourth-order valence-electron chi connectivity index (χ4n) is 1.62. The summed E-state index contributed by atoms with van der Waals surface area (Å²) in [5.41, 5.74) is 0.583. The van der Waals surface area contributed by atoms with Gasteiger partial charge in [0.25, 0.3) is 5.91 Å². The van der Waals surface area contributed by atoms with E-state index in [1.165, 1.54) is 24.3 Å². The number of carbonyl (C=O) groups excluding carboxylic acids is 1. The van der Waals surface area contributed by atoms with Crippen molar-refractivity contribution in [2.75, 3.05) is 20.1 Å². The van der Waals surface area contributed by atoms with Gasteiger partial charge in [-0.05, 0) is 37.7 Å². The topological polar surface area (TPSA) is 75.3 Å². The van der Waals surface area contributed by atoms with Crippen molar-refractivity contribution in [2.24, 2.45) is 0 Å². The Bertz CT molecular complexity index is 559. The highest BCUT2D eigenvalue weighted by atomic mass is 32.2. The first kappa shape index (κ1) is 17.5. The highest BCUT2D eigenvalue weighted by Gasteiger charge is 2.24. The van der Waals surface area contributed by atoms with E-state index in [2.05, 4.69) is 10.6 Å². The minimum absolute atomic E-state index is 0.224. The zero-order chi connectivity index (χ0) is 15.9. The Morgan fingerprint density at radius 1 is 1.19 bits per heavy atom. The van der Waals surface area contributed by atoms with Crippen molar-refractivity contribution in [3.8, 4) is 0 Å². The predicted molar refractivity (Wildman–Crippen MR) is 75.9 cm³/mol. The summed E-state index contributed by atoms with van der Waals surface area (Å²) < 4.78 is 46.7. The molecule has 1 rings (SSSR count). The second-order valence-electron chi connectivity index (χ2n) is 4.48. The Labute approximate surface area is 122 Å². The van der Waals surface area contributed by atoms with Gasteiger partial charge in [-0.25, -0.2) is 8.42 Å². The van der Waals surface area contributed by atoms with E-state index in [-0.39, 0.29) is 11.5 Å². The molecule has 0 aromatic heterocycles. The van der Waals surface area contributed by atoms with Crippen LogP contribution >= 0.6 is 0 Å². The van der Waals surface area contributed by atoms with Crippen LogP contribution in [0, 0.1) is 0 Å². The Morgan fingerprint density at radius 2 is 1.81 bits per heavy atom. The van der Waals surface area contributed by atoms with Crippen LogP contribution in [0.3, 0.4) is 0 Å². The van der Waals surface area contributed by atoms with Crippen molar-refractivity contribution in [1.29, 1.82) is 0 Å². The summed E-state index contributed by atoms with van der Waals surface area (Å²) >= 11 is 0. The molecular weight excluding hydrogens is 302 g/mol. The van der Waals surface area contributed by atoms with Gasteiger partial charge >= 0.3 is 5.76 Å². The van der Waals surface area contributed by atoms with Gasteiger partial charge < -0.3 is 10.6 Å². The molecule has 21 heavy (non-hydrogen) atoms. The summed E-state index contributed by atoms with van der Waals surface area (Å²) in [4.78, 5) is 11.7. The number of amides is 1. The first-order valence-electron chi connectivity index (χ1n) is 6.38. The second-order valence-corrected chi connectivity index (χ2v) is 6.45. The van der Waals surface area contributed by atoms with Gasteiger partial charge in [0.05, 0.1) is 5.75 Å². The highest BCUT2D eigenvalue weighted by Crippen LogP contribution is 2.14. The standard InChI is InChI=1S/C13H18F2N2O3S/c1-16-7-2-8-17-12(18)11-5-3-10(4-6-11)9-21(19,20)13(14)15/h3-6,13,16H,2,7-9H2,1H3,(H,17,18). The molecule has 0 fully saturated rings. The second kappa shape index (κ2) is 8.04. The van der Waals surface area contributed by atoms with Crippen LogP contribution < -0.4 is 10.6 Å². The third-order valence-electron chi connectivity index (χ3n) is 2.74. The zero-order valence-electron chi connectivity index (χ0n) is 11.6. The number of sulfone groups is 1. The van der Waals surface area contributed by atoms with Crippen molar-refractivity contribution in [2.45, 2.75) is 17.9 Å².